The molecule has 0 aliphatic carbocycles. The molecule has 0 saturated heterocycles. The highest BCUT2D eigenvalue weighted by Gasteiger charge is 2.00. The first-order valence-corrected chi connectivity index (χ1v) is 2.58. The zero-order valence-corrected chi connectivity index (χ0v) is 4.96. The van der Waals surface area contributed by atoms with Gasteiger partial charge in [-0.2, -0.15) is 0 Å². The van der Waals surface area contributed by atoms with E-state index >= 15 is 0 Å². The van der Waals surface area contributed by atoms with Crippen molar-refractivity contribution >= 4 is 0 Å². The van der Waals surface area contributed by atoms with Gasteiger partial charge in [-0.25, -0.2) is 0 Å². The maximum Gasteiger partial charge on any atom is 0.106 e. The van der Waals surface area contributed by atoms with Crippen LogP contribution < -0.4 is 5.32 Å². The fourth-order valence-electron chi connectivity index (χ4n) is 0.362. The molecule has 0 aliphatic rings. The number of hydrogen-bond donors (Lipinski definition) is 3. The fraction of sp³-hybridized carbons (Fsp3) is 0.800. The van der Waals surface area contributed by atoms with Gasteiger partial charge in [0.15, 0.2) is 0 Å². The first-order chi connectivity index (χ1) is 3.66. The van der Waals surface area contributed by atoms with E-state index in [2.05, 4.69) is 12.2 Å². The lowest BCUT2D eigenvalue weighted by molar-refractivity contribution is 0.0539. The minimum absolute atomic E-state index is 0.366. The van der Waals surface area contributed by atoms with Gasteiger partial charge in [0.1, 0.15) is 12.5 Å². The smallest absolute Gasteiger partial charge is 0.106 e. The van der Waals surface area contributed by atoms with E-state index in [0.29, 0.717) is 6.42 Å². The number of aliphatic hydroxyl groups excluding tert-OH is 2. The summed E-state index contributed by atoms with van der Waals surface area (Å²) in [5.74, 6) is 0. The number of nitrogens with one attached hydrogen (secondary N) is 1. The molecule has 3 heteroatoms. The molecule has 0 rings (SSSR count). The van der Waals surface area contributed by atoms with Crippen molar-refractivity contribution < 1.29 is 10.2 Å². The van der Waals surface area contributed by atoms with Gasteiger partial charge in [-0.05, 0) is 20.3 Å². The van der Waals surface area contributed by atoms with Crippen LogP contribution in [0.25, 0.3) is 0 Å². The Balaban J connectivity index is 3.10. The summed E-state index contributed by atoms with van der Waals surface area (Å²) in [6.45, 7) is 4.96. The SMILES string of the molecule is [CH2]CC(O)NC(C)O. The van der Waals surface area contributed by atoms with Crippen molar-refractivity contribution in [1.82, 2.24) is 5.32 Å². The Morgan fingerprint density at radius 3 is 2.25 bits per heavy atom. The Bertz CT molecular complexity index is 56.4. The highest BCUT2D eigenvalue weighted by molar-refractivity contribution is 4.53. The molecule has 0 fully saturated rings. The van der Waals surface area contributed by atoms with Crippen LogP contribution in [-0.4, -0.2) is 22.7 Å². The van der Waals surface area contributed by atoms with Gasteiger partial charge in [-0.15, -0.1) is 0 Å². The Kier molecular flexibility index (Phi) is 3.77. The molecule has 2 atom stereocenters. The second-order valence-corrected chi connectivity index (χ2v) is 1.65. The molecule has 0 heterocycles. The van der Waals surface area contributed by atoms with Crippen molar-refractivity contribution in [2.24, 2.45) is 0 Å². The van der Waals surface area contributed by atoms with E-state index in [1.54, 1.807) is 6.92 Å². The maximum absolute atomic E-state index is 8.69. The lowest BCUT2D eigenvalue weighted by Gasteiger charge is -2.11. The average Bonchev–Trinajstić information content (AvgIpc) is 1.65. The molecule has 0 bridgehead atoms. The van der Waals surface area contributed by atoms with E-state index in [1.807, 2.05) is 0 Å². The Labute approximate surface area is 49.3 Å². The number of rotatable bonds is 3. The lowest BCUT2D eigenvalue weighted by atomic mass is 10.4. The summed E-state index contributed by atoms with van der Waals surface area (Å²) < 4.78 is 0. The van der Waals surface area contributed by atoms with Gasteiger partial charge in [0, 0.05) is 0 Å². The van der Waals surface area contributed by atoms with Crippen LogP contribution >= 0.6 is 0 Å². The predicted molar refractivity (Wildman–Crippen MR) is 30.8 cm³/mol. The normalized spacial score (nSPS) is 18.0. The molecule has 0 aromatic rings. The predicted octanol–water partition coefficient (Wildman–Crippen LogP) is -0.543. The van der Waals surface area contributed by atoms with Crippen LogP contribution in [0.4, 0.5) is 0 Å². The fourth-order valence-corrected chi connectivity index (χ4v) is 0.362. The number of aliphatic hydroxyl groups is 2. The first-order valence-electron chi connectivity index (χ1n) is 2.58. The third-order valence-corrected chi connectivity index (χ3v) is 0.707. The topological polar surface area (TPSA) is 52.5 Å². The molecule has 0 aliphatic heterocycles. The molecule has 49 valence electrons. The molecule has 0 aromatic heterocycles. The molecule has 0 saturated carbocycles. The van der Waals surface area contributed by atoms with Gasteiger partial charge in [0.05, 0.1) is 0 Å². The molecule has 3 N–H and O–H groups in total. The van der Waals surface area contributed by atoms with Crippen molar-refractivity contribution in [1.29, 1.82) is 0 Å². The molecule has 0 aromatic carbocycles. The largest absolute Gasteiger partial charge is 0.379 e. The Morgan fingerprint density at radius 1 is 1.62 bits per heavy atom. The second kappa shape index (κ2) is 3.83. The van der Waals surface area contributed by atoms with Gasteiger partial charge in [0.25, 0.3) is 0 Å². The summed E-state index contributed by atoms with van der Waals surface area (Å²) in [4.78, 5) is 0. The molecule has 1 radical (unpaired) electrons. The summed E-state index contributed by atoms with van der Waals surface area (Å²) in [7, 11) is 0. The van der Waals surface area contributed by atoms with Crippen molar-refractivity contribution in [2.75, 3.05) is 0 Å². The molecular weight excluding hydrogens is 106 g/mol. The summed E-state index contributed by atoms with van der Waals surface area (Å²) in [5, 5.41) is 19.7. The Hall–Kier alpha value is -0.120. The summed E-state index contributed by atoms with van der Waals surface area (Å²) >= 11 is 0. The molecular formula is C5H12NO2. The van der Waals surface area contributed by atoms with Gasteiger partial charge >= 0.3 is 0 Å². The lowest BCUT2D eigenvalue weighted by Crippen LogP contribution is -2.35. The van der Waals surface area contributed by atoms with Crippen molar-refractivity contribution in [2.45, 2.75) is 25.8 Å². The van der Waals surface area contributed by atoms with Crippen LogP contribution in [0.1, 0.15) is 13.3 Å². The first kappa shape index (κ1) is 7.88. The van der Waals surface area contributed by atoms with Gasteiger partial charge in [-0.3, -0.25) is 5.32 Å². The zero-order chi connectivity index (χ0) is 6.57. The summed E-state index contributed by atoms with van der Waals surface area (Å²) in [6.07, 6.45) is -0.980. The van der Waals surface area contributed by atoms with E-state index in [0.717, 1.165) is 0 Å². The highest BCUT2D eigenvalue weighted by Crippen LogP contribution is 1.83. The molecule has 3 nitrogen and oxygen atoms in total. The van der Waals surface area contributed by atoms with E-state index in [4.69, 9.17) is 10.2 Å². The molecule has 8 heavy (non-hydrogen) atoms. The highest BCUT2D eigenvalue weighted by atomic mass is 16.3. The summed E-state index contributed by atoms with van der Waals surface area (Å²) in [6, 6.07) is 0. The number of hydrogen-bond acceptors (Lipinski definition) is 3. The molecule has 2 unspecified atom stereocenters. The van der Waals surface area contributed by atoms with E-state index in [9.17, 15) is 0 Å². The van der Waals surface area contributed by atoms with Crippen molar-refractivity contribution in [3.8, 4) is 0 Å². The maximum atomic E-state index is 8.69. The summed E-state index contributed by atoms with van der Waals surface area (Å²) in [5.41, 5.74) is 0. The van der Waals surface area contributed by atoms with E-state index in [1.165, 1.54) is 0 Å². The van der Waals surface area contributed by atoms with Gasteiger partial charge in [-0.1, -0.05) is 0 Å². The van der Waals surface area contributed by atoms with Gasteiger partial charge in [0.2, 0.25) is 0 Å². The monoisotopic (exact) mass is 118 g/mol. The standard InChI is InChI=1S/C5H12NO2/c1-3-5(8)6-4(2)7/h4-8H,1,3H2,2H3. The third kappa shape index (κ3) is 4.05. The van der Waals surface area contributed by atoms with Gasteiger partial charge < -0.3 is 10.2 Å². The minimum Gasteiger partial charge on any atom is -0.379 e. The van der Waals surface area contributed by atoms with Crippen molar-refractivity contribution in [3.63, 3.8) is 0 Å². The van der Waals surface area contributed by atoms with Crippen LogP contribution in [0.2, 0.25) is 0 Å². The van der Waals surface area contributed by atoms with Crippen LogP contribution in [0.3, 0.4) is 0 Å². The second-order valence-electron chi connectivity index (χ2n) is 1.65. The van der Waals surface area contributed by atoms with Crippen LogP contribution in [0, 0.1) is 6.92 Å². The third-order valence-electron chi connectivity index (χ3n) is 0.707. The van der Waals surface area contributed by atoms with Crippen LogP contribution in [-0.2, 0) is 0 Å². The minimum atomic E-state index is -0.685. The van der Waals surface area contributed by atoms with Crippen molar-refractivity contribution in [3.05, 3.63) is 6.92 Å². The average molecular weight is 118 g/mol. The van der Waals surface area contributed by atoms with E-state index in [-0.39, 0.29) is 0 Å². The molecule has 0 amide bonds. The van der Waals surface area contributed by atoms with E-state index < -0.39 is 12.5 Å². The zero-order valence-electron chi connectivity index (χ0n) is 4.96. The Morgan fingerprint density at radius 2 is 2.12 bits per heavy atom. The quantitative estimate of drug-likeness (QED) is 0.436. The molecule has 0 spiro atoms. The van der Waals surface area contributed by atoms with Crippen LogP contribution in [0.5, 0.6) is 0 Å². The van der Waals surface area contributed by atoms with Crippen LogP contribution in [0.15, 0.2) is 0 Å².